The molecule has 0 saturated carbocycles. The Balaban J connectivity index is 1.87. The molecular weight excluding hydrogens is 398 g/mol. The third-order valence-corrected chi connectivity index (χ3v) is 6.13. The van der Waals surface area contributed by atoms with E-state index in [1.807, 2.05) is 18.2 Å². The summed E-state index contributed by atoms with van der Waals surface area (Å²) in [4.78, 5) is 32.9. The van der Waals surface area contributed by atoms with Gasteiger partial charge in [0.25, 0.3) is 5.91 Å². The number of carbonyl (C=O) groups excluding carboxylic acids is 1. The fourth-order valence-corrected chi connectivity index (χ4v) is 4.23. The minimum atomic E-state index is -0.994. The maximum absolute atomic E-state index is 12.7. The lowest BCUT2D eigenvalue weighted by atomic mass is 10.1. The number of rotatable bonds is 6. The van der Waals surface area contributed by atoms with Gasteiger partial charge in [0.2, 0.25) is 0 Å². The Kier molecular flexibility index (Phi) is 6.62. The minimum Gasteiger partial charge on any atom is -0.478 e. The first-order valence-electron chi connectivity index (χ1n) is 9.79. The number of thioether (sulfide) groups is 1. The molecule has 1 fully saturated rings. The lowest BCUT2D eigenvalue weighted by Crippen LogP contribution is -2.23. The number of amidine groups is 1. The molecule has 0 spiro atoms. The highest BCUT2D eigenvalue weighted by Crippen LogP contribution is 2.34. The zero-order chi connectivity index (χ0) is 21.8. The van der Waals surface area contributed by atoms with Gasteiger partial charge >= 0.3 is 5.97 Å². The highest BCUT2D eigenvalue weighted by molar-refractivity contribution is 8.18. The van der Waals surface area contributed by atoms with Crippen molar-refractivity contribution in [2.75, 3.05) is 25.0 Å². The van der Waals surface area contributed by atoms with Crippen LogP contribution < -0.4 is 4.90 Å². The van der Waals surface area contributed by atoms with E-state index in [2.05, 4.69) is 35.9 Å². The predicted molar refractivity (Wildman–Crippen MR) is 124 cm³/mol. The summed E-state index contributed by atoms with van der Waals surface area (Å²) in [5, 5.41) is 9.83. The van der Waals surface area contributed by atoms with E-state index in [4.69, 9.17) is 0 Å². The molecule has 0 atom stereocenters. The van der Waals surface area contributed by atoms with Crippen molar-refractivity contribution < 1.29 is 14.7 Å². The number of hydrogen-bond acceptors (Lipinski definition) is 5. The number of likely N-dealkylation sites (N-methyl/N-ethyl adjacent to an activating group) is 1. The Labute approximate surface area is 180 Å². The average molecular weight is 424 g/mol. The number of carboxylic acid groups (broad SMARTS) is 1. The molecule has 0 aliphatic carbocycles. The summed E-state index contributed by atoms with van der Waals surface area (Å²) < 4.78 is 0. The third kappa shape index (κ3) is 4.41. The van der Waals surface area contributed by atoms with Crippen LogP contribution in [0.1, 0.15) is 35.3 Å². The van der Waals surface area contributed by atoms with Gasteiger partial charge in [-0.2, -0.15) is 0 Å². The molecule has 1 saturated heterocycles. The number of aromatic carboxylic acids is 1. The number of benzene rings is 2. The maximum atomic E-state index is 12.7. The molecule has 2 aromatic carbocycles. The molecule has 0 aromatic heterocycles. The monoisotopic (exact) mass is 423 g/mol. The average Bonchev–Trinajstić information content (AvgIpc) is 2.99. The molecule has 1 heterocycles. The molecule has 1 aliphatic rings. The molecule has 1 N–H and O–H groups in total. The van der Waals surface area contributed by atoms with Gasteiger partial charge in [-0.15, -0.1) is 0 Å². The van der Waals surface area contributed by atoms with Crippen LogP contribution in [-0.4, -0.2) is 47.2 Å². The first kappa shape index (κ1) is 21.6. The number of carbonyl (C=O) groups is 2. The number of amides is 1. The molecule has 2 aromatic rings. The molecule has 0 bridgehead atoms. The van der Waals surface area contributed by atoms with Gasteiger partial charge in [-0.25, -0.2) is 9.79 Å². The minimum absolute atomic E-state index is 0.126. The number of carboxylic acids is 1. The molecule has 0 unspecified atom stereocenters. The van der Waals surface area contributed by atoms with E-state index < -0.39 is 5.97 Å². The maximum Gasteiger partial charge on any atom is 0.336 e. The van der Waals surface area contributed by atoms with Gasteiger partial charge in [0, 0.05) is 25.8 Å². The van der Waals surface area contributed by atoms with Crippen LogP contribution in [0.15, 0.2) is 52.4 Å². The zero-order valence-corrected chi connectivity index (χ0v) is 18.4. The molecule has 1 aliphatic heterocycles. The van der Waals surface area contributed by atoms with Crippen molar-refractivity contribution in [2.45, 2.75) is 20.8 Å². The van der Waals surface area contributed by atoms with Gasteiger partial charge in [-0.1, -0.05) is 18.2 Å². The molecule has 0 radical (unpaired) electrons. The molecule has 6 nitrogen and oxygen atoms in total. The third-order valence-electron chi connectivity index (χ3n) is 5.07. The lowest BCUT2D eigenvalue weighted by molar-refractivity contribution is -0.121. The lowest BCUT2D eigenvalue weighted by Gasteiger charge is -2.20. The van der Waals surface area contributed by atoms with E-state index in [0.29, 0.717) is 21.3 Å². The van der Waals surface area contributed by atoms with Crippen LogP contribution >= 0.6 is 11.8 Å². The fraction of sp³-hybridized carbons (Fsp3) is 0.261. The highest BCUT2D eigenvalue weighted by atomic mass is 32.2. The van der Waals surface area contributed by atoms with Crippen LogP contribution in [0.25, 0.3) is 6.08 Å². The Hall–Kier alpha value is -3.06. The zero-order valence-electron chi connectivity index (χ0n) is 17.5. The second-order valence-corrected chi connectivity index (χ2v) is 7.90. The van der Waals surface area contributed by atoms with E-state index >= 15 is 0 Å². The summed E-state index contributed by atoms with van der Waals surface area (Å²) in [7, 11) is 1.68. The van der Waals surface area contributed by atoms with Gasteiger partial charge in [-0.05, 0) is 74.0 Å². The van der Waals surface area contributed by atoms with Crippen molar-refractivity contribution in [1.29, 1.82) is 0 Å². The summed E-state index contributed by atoms with van der Waals surface area (Å²) in [6.45, 7) is 7.85. The van der Waals surface area contributed by atoms with E-state index in [1.54, 1.807) is 32.2 Å². The molecule has 1 amide bonds. The Morgan fingerprint density at radius 1 is 1.17 bits per heavy atom. The Bertz CT molecular complexity index is 1020. The molecule has 3 rings (SSSR count). The standard InChI is InChI=1S/C23H25N3O3S/c1-5-26(6-2)17-12-10-16(11-13-17)14-20-21(27)25(4)23(30-20)24-19-9-7-8-18(15(19)3)22(28)29/h7-14H,5-6H2,1-4H3,(H,28,29)/b20-14-,24-23?. The number of aliphatic imine (C=N–C) groups is 1. The topological polar surface area (TPSA) is 73.2 Å². The van der Waals surface area contributed by atoms with Crippen molar-refractivity contribution in [2.24, 2.45) is 4.99 Å². The molecular formula is C23H25N3O3S. The quantitative estimate of drug-likeness (QED) is 0.678. The summed E-state index contributed by atoms with van der Waals surface area (Å²) >= 11 is 1.29. The van der Waals surface area contributed by atoms with Gasteiger partial charge in [0.15, 0.2) is 5.17 Å². The number of hydrogen-bond donors (Lipinski definition) is 1. The summed E-state index contributed by atoms with van der Waals surface area (Å²) in [6.07, 6.45) is 1.86. The van der Waals surface area contributed by atoms with Gasteiger partial charge in [-0.3, -0.25) is 9.69 Å². The second kappa shape index (κ2) is 9.17. The first-order chi connectivity index (χ1) is 14.3. The second-order valence-electron chi connectivity index (χ2n) is 6.89. The van der Waals surface area contributed by atoms with Crippen LogP contribution in [0.4, 0.5) is 11.4 Å². The number of anilines is 1. The Morgan fingerprint density at radius 2 is 1.83 bits per heavy atom. The van der Waals surface area contributed by atoms with Crippen molar-refractivity contribution in [3.63, 3.8) is 0 Å². The summed E-state index contributed by atoms with van der Waals surface area (Å²) in [6, 6.07) is 13.1. The summed E-state index contributed by atoms with van der Waals surface area (Å²) in [5.74, 6) is -1.12. The normalized spacial score (nSPS) is 16.5. The first-order valence-corrected chi connectivity index (χ1v) is 10.6. The van der Waals surface area contributed by atoms with Crippen LogP contribution in [0.3, 0.4) is 0 Å². The van der Waals surface area contributed by atoms with Gasteiger partial charge in [0.05, 0.1) is 16.2 Å². The van der Waals surface area contributed by atoms with Gasteiger partial charge < -0.3 is 10.0 Å². The SMILES string of the molecule is CCN(CC)c1ccc(/C=C2\SC(=Nc3cccc(C(=O)O)c3C)N(C)C2=O)cc1. The molecule has 7 heteroatoms. The van der Waals surface area contributed by atoms with E-state index in [-0.39, 0.29) is 11.5 Å². The van der Waals surface area contributed by atoms with E-state index in [0.717, 1.165) is 24.3 Å². The van der Waals surface area contributed by atoms with Crippen LogP contribution in [0, 0.1) is 6.92 Å². The molecule has 30 heavy (non-hydrogen) atoms. The Morgan fingerprint density at radius 3 is 2.43 bits per heavy atom. The predicted octanol–water partition coefficient (Wildman–Crippen LogP) is 4.77. The van der Waals surface area contributed by atoms with Crippen LogP contribution in [-0.2, 0) is 4.79 Å². The van der Waals surface area contributed by atoms with Crippen molar-refractivity contribution in [3.05, 3.63) is 64.1 Å². The summed E-state index contributed by atoms with van der Waals surface area (Å²) in [5.41, 5.74) is 3.42. The smallest absolute Gasteiger partial charge is 0.336 e. The van der Waals surface area contributed by atoms with Crippen LogP contribution in [0.2, 0.25) is 0 Å². The van der Waals surface area contributed by atoms with Gasteiger partial charge in [0.1, 0.15) is 0 Å². The van der Waals surface area contributed by atoms with Crippen LogP contribution in [0.5, 0.6) is 0 Å². The van der Waals surface area contributed by atoms with Crippen molar-refractivity contribution in [1.82, 2.24) is 4.90 Å². The van der Waals surface area contributed by atoms with Crippen molar-refractivity contribution in [3.8, 4) is 0 Å². The molecule has 156 valence electrons. The van der Waals surface area contributed by atoms with E-state index in [9.17, 15) is 14.7 Å². The highest BCUT2D eigenvalue weighted by Gasteiger charge is 2.30. The van der Waals surface area contributed by atoms with E-state index in [1.165, 1.54) is 16.7 Å². The fourth-order valence-electron chi connectivity index (χ4n) is 3.25. The largest absolute Gasteiger partial charge is 0.478 e. The van der Waals surface area contributed by atoms with Crippen molar-refractivity contribution >= 4 is 46.3 Å². The number of nitrogens with zero attached hydrogens (tertiary/aromatic N) is 3.